The van der Waals surface area contributed by atoms with E-state index in [2.05, 4.69) is 0 Å². The molecule has 2 aliphatic rings. The summed E-state index contributed by atoms with van der Waals surface area (Å²) >= 11 is 0. The molecule has 0 N–H and O–H groups in total. The summed E-state index contributed by atoms with van der Waals surface area (Å²) in [5, 5.41) is 0. The van der Waals surface area contributed by atoms with Gasteiger partial charge in [-0.15, -0.1) is 0 Å². The van der Waals surface area contributed by atoms with E-state index >= 15 is 0 Å². The number of methoxy groups -OCH3 is 1. The van der Waals surface area contributed by atoms with Gasteiger partial charge in [-0.05, 0) is 37.0 Å². The molecule has 2 unspecified atom stereocenters. The first-order valence-electron chi connectivity index (χ1n) is 8.73. The van der Waals surface area contributed by atoms with Gasteiger partial charge in [-0.25, -0.2) is 8.42 Å². The van der Waals surface area contributed by atoms with E-state index in [0.29, 0.717) is 19.6 Å². The zero-order chi connectivity index (χ0) is 17.9. The van der Waals surface area contributed by atoms with Crippen LogP contribution in [0.4, 0.5) is 0 Å². The lowest BCUT2D eigenvalue weighted by Gasteiger charge is -2.36. The molecule has 1 aromatic rings. The van der Waals surface area contributed by atoms with Gasteiger partial charge < -0.3 is 14.4 Å². The smallest absolute Gasteiger partial charge is 0.223 e. The van der Waals surface area contributed by atoms with Gasteiger partial charge in [0.05, 0.1) is 37.4 Å². The van der Waals surface area contributed by atoms with Crippen molar-refractivity contribution in [2.24, 2.45) is 0 Å². The highest BCUT2D eigenvalue weighted by Crippen LogP contribution is 2.25. The summed E-state index contributed by atoms with van der Waals surface area (Å²) in [6, 6.07) is 7.66. The van der Waals surface area contributed by atoms with Crippen molar-refractivity contribution in [1.82, 2.24) is 4.90 Å². The van der Waals surface area contributed by atoms with Crippen LogP contribution in [0, 0.1) is 0 Å². The van der Waals surface area contributed by atoms with Crippen molar-refractivity contribution in [3.8, 4) is 5.75 Å². The molecule has 0 aromatic heterocycles. The average Bonchev–Trinajstić information content (AvgIpc) is 2.92. The van der Waals surface area contributed by atoms with Crippen LogP contribution in [0.1, 0.15) is 24.8 Å². The molecule has 3 rings (SSSR count). The molecule has 0 bridgehead atoms. The van der Waals surface area contributed by atoms with Gasteiger partial charge in [0.25, 0.3) is 0 Å². The topological polar surface area (TPSA) is 72.9 Å². The second kappa shape index (κ2) is 7.74. The second-order valence-corrected chi connectivity index (χ2v) is 8.85. The SMILES string of the molecule is COc1ccc(CCCCC(=O)N2CCOC3CS(=O)(=O)CC32)cc1. The van der Waals surface area contributed by atoms with Crippen LogP contribution in [0.5, 0.6) is 5.75 Å². The number of hydrogen-bond donors (Lipinski definition) is 0. The number of rotatable bonds is 6. The number of carbonyl (C=O) groups is 1. The first-order valence-corrected chi connectivity index (χ1v) is 10.5. The molecule has 1 amide bonds. The Morgan fingerprint density at radius 1 is 1.24 bits per heavy atom. The van der Waals surface area contributed by atoms with Crippen LogP contribution >= 0.6 is 0 Å². The van der Waals surface area contributed by atoms with E-state index in [9.17, 15) is 13.2 Å². The van der Waals surface area contributed by atoms with Crippen molar-refractivity contribution in [2.45, 2.75) is 37.8 Å². The summed E-state index contributed by atoms with van der Waals surface area (Å²) in [7, 11) is -1.45. The average molecular weight is 367 g/mol. The highest BCUT2D eigenvalue weighted by Gasteiger charge is 2.45. The molecule has 138 valence electrons. The number of aryl methyl sites for hydroxylation is 1. The van der Waals surface area contributed by atoms with Crippen molar-refractivity contribution >= 4 is 15.7 Å². The molecule has 0 spiro atoms. The van der Waals surface area contributed by atoms with Crippen LogP contribution in [0.2, 0.25) is 0 Å². The number of fused-ring (bicyclic) bond motifs is 1. The van der Waals surface area contributed by atoms with E-state index in [0.717, 1.165) is 25.0 Å². The Bertz CT molecular complexity index is 701. The number of morpholine rings is 1. The fraction of sp³-hybridized carbons (Fsp3) is 0.611. The third-order valence-electron chi connectivity index (χ3n) is 4.92. The highest BCUT2D eigenvalue weighted by molar-refractivity contribution is 7.91. The lowest BCUT2D eigenvalue weighted by atomic mass is 10.1. The Morgan fingerprint density at radius 2 is 2.00 bits per heavy atom. The Kier molecular flexibility index (Phi) is 5.64. The van der Waals surface area contributed by atoms with Crippen LogP contribution < -0.4 is 4.74 Å². The standard InChI is InChI=1S/C18H25NO5S/c1-23-15-8-6-14(7-9-15)4-2-3-5-18(20)19-10-11-24-17-13-25(21,22)12-16(17)19/h6-9,16-17H,2-5,10-13H2,1H3. The van der Waals surface area contributed by atoms with Crippen LogP contribution in [-0.2, 0) is 25.8 Å². The molecule has 6 nitrogen and oxygen atoms in total. The summed E-state index contributed by atoms with van der Waals surface area (Å²) in [5.74, 6) is 0.964. The van der Waals surface area contributed by atoms with Crippen LogP contribution in [-0.4, -0.2) is 63.1 Å². The monoisotopic (exact) mass is 367 g/mol. The number of ether oxygens (including phenoxy) is 2. The third-order valence-corrected chi connectivity index (χ3v) is 6.61. The molecule has 2 atom stereocenters. The maximum Gasteiger partial charge on any atom is 0.223 e. The summed E-state index contributed by atoms with van der Waals surface area (Å²) in [6.07, 6.45) is 2.75. The molecule has 7 heteroatoms. The molecule has 2 heterocycles. The minimum atomic E-state index is -3.09. The summed E-state index contributed by atoms with van der Waals surface area (Å²) in [4.78, 5) is 14.2. The molecule has 2 saturated heterocycles. The maximum atomic E-state index is 12.5. The van der Waals surface area contributed by atoms with Gasteiger partial charge in [0, 0.05) is 13.0 Å². The zero-order valence-electron chi connectivity index (χ0n) is 14.5. The number of nitrogens with zero attached hydrogens (tertiary/aromatic N) is 1. The molecule has 1 aromatic carbocycles. The Balaban J connectivity index is 1.45. The van der Waals surface area contributed by atoms with E-state index in [4.69, 9.17) is 9.47 Å². The van der Waals surface area contributed by atoms with Gasteiger partial charge in [0.15, 0.2) is 9.84 Å². The fourth-order valence-corrected chi connectivity index (χ4v) is 5.44. The molecule has 25 heavy (non-hydrogen) atoms. The van der Waals surface area contributed by atoms with Gasteiger partial charge in [-0.1, -0.05) is 12.1 Å². The second-order valence-electron chi connectivity index (χ2n) is 6.70. The molecule has 2 aliphatic heterocycles. The summed E-state index contributed by atoms with van der Waals surface area (Å²) in [5.41, 5.74) is 1.22. The largest absolute Gasteiger partial charge is 0.497 e. The first-order chi connectivity index (χ1) is 12.0. The van der Waals surface area contributed by atoms with E-state index in [-0.39, 0.29) is 29.6 Å². The van der Waals surface area contributed by atoms with Crippen molar-refractivity contribution in [2.75, 3.05) is 31.8 Å². The van der Waals surface area contributed by atoms with E-state index in [1.54, 1.807) is 12.0 Å². The van der Waals surface area contributed by atoms with Gasteiger partial charge >= 0.3 is 0 Å². The minimum Gasteiger partial charge on any atom is -0.497 e. The Morgan fingerprint density at radius 3 is 2.72 bits per heavy atom. The van der Waals surface area contributed by atoms with Gasteiger partial charge in [0.1, 0.15) is 5.75 Å². The van der Waals surface area contributed by atoms with Gasteiger partial charge in [-0.2, -0.15) is 0 Å². The third kappa shape index (κ3) is 4.52. The quantitative estimate of drug-likeness (QED) is 0.711. The number of carbonyl (C=O) groups excluding carboxylic acids is 1. The number of hydrogen-bond acceptors (Lipinski definition) is 5. The normalized spacial score (nSPS) is 24.8. The van der Waals surface area contributed by atoms with Crippen molar-refractivity contribution in [3.05, 3.63) is 29.8 Å². The Labute approximate surface area is 149 Å². The molecular weight excluding hydrogens is 342 g/mol. The van der Waals surface area contributed by atoms with Crippen LogP contribution in [0.25, 0.3) is 0 Å². The Hall–Kier alpha value is -1.60. The molecule has 0 aliphatic carbocycles. The predicted octanol–water partition coefficient (Wildman–Crippen LogP) is 1.43. The van der Waals surface area contributed by atoms with Crippen molar-refractivity contribution in [3.63, 3.8) is 0 Å². The number of amides is 1. The molecule has 0 radical (unpaired) electrons. The zero-order valence-corrected chi connectivity index (χ0v) is 15.3. The number of unbranched alkanes of at least 4 members (excludes halogenated alkanes) is 1. The summed E-state index contributed by atoms with van der Waals surface area (Å²) < 4.78 is 34.3. The van der Waals surface area contributed by atoms with E-state index in [1.165, 1.54) is 5.56 Å². The maximum absolute atomic E-state index is 12.5. The van der Waals surface area contributed by atoms with Crippen LogP contribution in [0.3, 0.4) is 0 Å². The van der Waals surface area contributed by atoms with Crippen molar-refractivity contribution in [1.29, 1.82) is 0 Å². The molecule has 0 saturated carbocycles. The predicted molar refractivity (Wildman–Crippen MR) is 94.4 cm³/mol. The number of benzene rings is 1. The first kappa shape index (κ1) is 18.2. The lowest BCUT2D eigenvalue weighted by Crippen LogP contribution is -2.53. The number of sulfone groups is 1. The van der Waals surface area contributed by atoms with Crippen molar-refractivity contribution < 1.29 is 22.7 Å². The van der Waals surface area contributed by atoms with Crippen LogP contribution in [0.15, 0.2) is 24.3 Å². The van der Waals surface area contributed by atoms with Gasteiger partial charge in [-0.3, -0.25) is 4.79 Å². The summed E-state index contributed by atoms with van der Waals surface area (Å²) in [6.45, 7) is 0.919. The lowest BCUT2D eigenvalue weighted by molar-refractivity contribution is -0.142. The fourth-order valence-electron chi connectivity index (χ4n) is 3.57. The minimum absolute atomic E-state index is 0.0370. The highest BCUT2D eigenvalue weighted by atomic mass is 32.2. The van der Waals surface area contributed by atoms with E-state index in [1.807, 2.05) is 24.3 Å². The van der Waals surface area contributed by atoms with Gasteiger partial charge in [0.2, 0.25) is 5.91 Å². The van der Waals surface area contributed by atoms with E-state index < -0.39 is 9.84 Å². The molecular formula is C18H25NO5S. The molecule has 2 fully saturated rings.